The zero-order chi connectivity index (χ0) is 16.7. The van der Waals surface area contributed by atoms with E-state index in [1.165, 1.54) is 0 Å². The number of carbonyl (C=O) groups excluding carboxylic acids is 1. The van der Waals surface area contributed by atoms with Gasteiger partial charge in [0.1, 0.15) is 11.5 Å². The van der Waals surface area contributed by atoms with Crippen molar-refractivity contribution < 1.29 is 23.8 Å². The van der Waals surface area contributed by atoms with Crippen molar-refractivity contribution in [2.45, 2.75) is 25.4 Å². The lowest BCUT2D eigenvalue weighted by atomic mass is 9.92. The average molecular weight is 327 g/mol. The maximum absolute atomic E-state index is 12.4. The van der Waals surface area contributed by atoms with Gasteiger partial charge in [0.15, 0.2) is 0 Å². The molecule has 0 bridgehead atoms. The number of hydrogen-bond donors (Lipinski definition) is 1. The number of likely N-dealkylation sites (tertiary alicyclic amines) is 1. The molecule has 0 radical (unpaired) electrons. The molecule has 124 valence electrons. The van der Waals surface area contributed by atoms with Gasteiger partial charge >= 0.3 is 5.97 Å². The molecule has 0 spiro atoms. The van der Waals surface area contributed by atoms with Gasteiger partial charge in [-0.05, 0) is 35.4 Å². The minimum atomic E-state index is -0.952. The van der Waals surface area contributed by atoms with Crippen LogP contribution in [0.4, 0.5) is 0 Å². The molecule has 2 aliphatic rings. The summed E-state index contributed by atoms with van der Waals surface area (Å²) >= 11 is 0. The number of benzene rings is 1. The third-order valence-electron chi connectivity index (χ3n) is 4.71. The number of fused-ring (bicyclic) bond motifs is 1. The van der Waals surface area contributed by atoms with Gasteiger partial charge < -0.3 is 19.2 Å². The third kappa shape index (κ3) is 2.44. The van der Waals surface area contributed by atoms with E-state index in [9.17, 15) is 14.7 Å². The Morgan fingerprint density at radius 2 is 2.21 bits per heavy atom. The van der Waals surface area contributed by atoms with Crippen LogP contribution in [0.3, 0.4) is 0 Å². The van der Waals surface area contributed by atoms with Gasteiger partial charge in [-0.3, -0.25) is 9.59 Å². The second-order valence-corrected chi connectivity index (χ2v) is 6.16. The fraction of sp³-hybridized carbons (Fsp3) is 0.333. The van der Waals surface area contributed by atoms with Crippen LogP contribution in [0.2, 0.25) is 0 Å². The van der Waals surface area contributed by atoms with Crippen LogP contribution < -0.4 is 4.74 Å². The highest BCUT2D eigenvalue weighted by Crippen LogP contribution is 2.41. The molecular weight excluding hydrogens is 310 g/mol. The van der Waals surface area contributed by atoms with Crippen LogP contribution in [0.5, 0.6) is 5.75 Å². The quantitative estimate of drug-likeness (QED) is 0.932. The minimum Gasteiger partial charge on any atom is -0.493 e. The molecule has 6 heteroatoms. The van der Waals surface area contributed by atoms with Crippen LogP contribution in [0, 0.1) is 5.92 Å². The van der Waals surface area contributed by atoms with E-state index in [1.54, 1.807) is 23.3 Å². The first-order valence-corrected chi connectivity index (χ1v) is 7.94. The monoisotopic (exact) mass is 327 g/mol. The van der Waals surface area contributed by atoms with E-state index in [2.05, 4.69) is 0 Å². The third-order valence-corrected chi connectivity index (χ3v) is 4.71. The second-order valence-electron chi connectivity index (χ2n) is 6.16. The van der Waals surface area contributed by atoms with Gasteiger partial charge in [0.25, 0.3) is 0 Å². The van der Waals surface area contributed by atoms with Crippen LogP contribution in [-0.4, -0.2) is 28.5 Å². The number of amides is 1. The van der Waals surface area contributed by atoms with Gasteiger partial charge in [-0.25, -0.2) is 0 Å². The second kappa shape index (κ2) is 5.70. The molecule has 4 rings (SSSR count). The Balaban J connectivity index is 1.71. The van der Waals surface area contributed by atoms with E-state index in [0.717, 1.165) is 23.3 Å². The fourth-order valence-electron chi connectivity index (χ4n) is 3.57. The Kier molecular flexibility index (Phi) is 3.52. The Hall–Kier alpha value is -2.76. The SMILES string of the molecule is O=C(O)C1CC(=O)N(Cc2ccco2)C1c1ccc2c(c1)CCO2. The number of carboxylic acids is 1. The molecule has 2 aromatic rings. The summed E-state index contributed by atoms with van der Waals surface area (Å²) in [5, 5.41) is 9.57. The number of furan rings is 1. The highest BCUT2D eigenvalue weighted by atomic mass is 16.5. The number of nitrogens with zero attached hydrogens (tertiary/aromatic N) is 1. The zero-order valence-corrected chi connectivity index (χ0v) is 13.0. The van der Waals surface area contributed by atoms with Crippen LogP contribution in [-0.2, 0) is 22.6 Å². The summed E-state index contributed by atoms with van der Waals surface area (Å²) < 4.78 is 10.8. The normalized spacial score (nSPS) is 22.5. The standard InChI is InChI=1S/C18H17NO5/c20-16-9-14(18(21)22)17(19(16)10-13-2-1-6-23-13)12-3-4-15-11(8-12)5-7-24-15/h1-4,6,8,14,17H,5,7,9-10H2,(H,21,22). The smallest absolute Gasteiger partial charge is 0.309 e. The average Bonchev–Trinajstić information content (AvgIpc) is 3.28. The highest BCUT2D eigenvalue weighted by Gasteiger charge is 2.45. The Morgan fingerprint density at radius 3 is 2.96 bits per heavy atom. The van der Waals surface area contributed by atoms with Crippen LogP contribution in [0.25, 0.3) is 0 Å². The summed E-state index contributed by atoms with van der Waals surface area (Å²) in [6, 6.07) is 8.74. The van der Waals surface area contributed by atoms with Crippen molar-refractivity contribution in [1.29, 1.82) is 0 Å². The van der Waals surface area contributed by atoms with Crippen LogP contribution in [0.15, 0.2) is 41.0 Å². The summed E-state index contributed by atoms with van der Waals surface area (Å²) in [7, 11) is 0. The van der Waals surface area contributed by atoms with Gasteiger partial charge in [-0.15, -0.1) is 0 Å². The van der Waals surface area contributed by atoms with Gasteiger partial charge in [0.2, 0.25) is 5.91 Å². The first-order valence-electron chi connectivity index (χ1n) is 7.94. The Bertz CT molecular complexity index is 783. The molecule has 24 heavy (non-hydrogen) atoms. The molecule has 1 aromatic carbocycles. The molecule has 2 atom stereocenters. The van der Waals surface area contributed by atoms with E-state index < -0.39 is 17.9 Å². The number of rotatable bonds is 4. The molecule has 2 aliphatic heterocycles. The van der Waals surface area contributed by atoms with E-state index in [0.29, 0.717) is 12.4 Å². The molecule has 1 fully saturated rings. The number of ether oxygens (including phenoxy) is 1. The lowest BCUT2D eigenvalue weighted by molar-refractivity contribution is -0.142. The molecule has 1 saturated heterocycles. The highest BCUT2D eigenvalue weighted by molar-refractivity contribution is 5.87. The van der Waals surface area contributed by atoms with Crippen LogP contribution in [0.1, 0.15) is 29.3 Å². The minimum absolute atomic E-state index is 0.00823. The van der Waals surface area contributed by atoms with E-state index >= 15 is 0 Å². The Morgan fingerprint density at radius 1 is 1.33 bits per heavy atom. The summed E-state index contributed by atoms with van der Waals surface area (Å²) in [6.07, 6.45) is 2.36. The maximum Gasteiger partial charge on any atom is 0.309 e. The number of carbonyl (C=O) groups is 2. The van der Waals surface area contributed by atoms with Gasteiger partial charge in [-0.2, -0.15) is 0 Å². The Labute approximate surface area is 138 Å². The summed E-state index contributed by atoms with van der Waals surface area (Å²) in [6.45, 7) is 0.911. The predicted molar refractivity (Wildman–Crippen MR) is 83.4 cm³/mol. The van der Waals surface area contributed by atoms with Gasteiger partial charge in [0.05, 0.1) is 31.4 Å². The molecule has 0 aliphatic carbocycles. The lowest BCUT2D eigenvalue weighted by Crippen LogP contribution is -2.30. The molecular formula is C18H17NO5. The van der Waals surface area contributed by atoms with E-state index in [1.807, 2.05) is 18.2 Å². The first kappa shape index (κ1) is 14.8. The molecule has 1 N–H and O–H groups in total. The number of aliphatic carboxylic acids is 1. The topological polar surface area (TPSA) is 80.0 Å². The predicted octanol–water partition coefficient (Wildman–Crippen LogP) is 2.39. The molecule has 2 unspecified atom stereocenters. The van der Waals surface area contributed by atoms with Crippen molar-refractivity contribution in [2.24, 2.45) is 5.92 Å². The fourth-order valence-corrected chi connectivity index (χ4v) is 3.57. The molecule has 3 heterocycles. The lowest BCUT2D eigenvalue weighted by Gasteiger charge is -2.27. The molecule has 0 saturated carbocycles. The van der Waals surface area contributed by atoms with Crippen molar-refractivity contribution in [3.05, 3.63) is 53.5 Å². The van der Waals surface area contributed by atoms with Gasteiger partial charge in [0, 0.05) is 12.8 Å². The van der Waals surface area contributed by atoms with Crippen molar-refractivity contribution in [2.75, 3.05) is 6.61 Å². The van der Waals surface area contributed by atoms with Crippen molar-refractivity contribution in [1.82, 2.24) is 4.90 Å². The summed E-state index contributed by atoms with van der Waals surface area (Å²) in [5.74, 6) is -0.392. The molecule has 1 amide bonds. The number of carboxylic acid groups (broad SMARTS) is 1. The first-order chi connectivity index (χ1) is 11.6. The van der Waals surface area contributed by atoms with E-state index in [4.69, 9.17) is 9.15 Å². The van der Waals surface area contributed by atoms with E-state index in [-0.39, 0.29) is 18.9 Å². The van der Waals surface area contributed by atoms with Crippen molar-refractivity contribution in [3.63, 3.8) is 0 Å². The maximum atomic E-state index is 12.4. The molecule has 6 nitrogen and oxygen atoms in total. The molecule has 1 aromatic heterocycles. The van der Waals surface area contributed by atoms with Gasteiger partial charge in [-0.1, -0.05) is 6.07 Å². The van der Waals surface area contributed by atoms with Crippen molar-refractivity contribution >= 4 is 11.9 Å². The summed E-state index contributed by atoms with van der Waals surface area (Å²) in [4.78, 5) is 25.7. The zero-order valence-electron chi connectivity index (χ0n) is 13.0. The largest absolute Gasteiger partial charge is 0.493 e. The van der Waals surface area contributed by atoms with Crippen LogP contribution >= 0.6 is 0 Å². The number of hydrogen-bond acceptors (Lipinski definition) is 4. The van der Waals surface area contributed by atoms with Crippen molar-refractivity contribution in [3.8, 4) is 5.75 Å². The summed E-state index contributed by atoms with van der Waals surface area (Å²) in [5.41, 5.74) is 1.90.